The van der Waals surface area contributed by atoms with Crippen LogP contribution < -0.4 is 10.6 Å². The Balaban J connectivity index is 0.00000312. The van der Waals surface area contributed by atoms with Gasteiger partial charge in [0.25, 0.3) is 0 Å². The second kappa shape index (κ2) is 9.00. The third-order valence-electron chi connectivity index (χ3n) is 3.85. The molecule has 1 aliphatic heterocycles. The lowest BCUT2D eigenvalue weighted by atomic mass is 10.1. The maximum Gasteiger partial charge on any atom is 0.313 e. The molecule has 7 nitrogen and oxygen atoms in total. The van der Waals surface area contributed by atoms with Gasteiger partial charge in [-0.05, 0) is 6.07 Å². The first-order valence-corrected chi connectivity index (χ1v) is 7.65. The largest absolute Gasteiger partial charge is 0.460 e. The number of nitrogens with two attached hydrogens (primary N) is 1. The highest BCUT2D eigenvalue weighted by Gasteiger charge is 2.22. The van der Waals surface area contributed by atoms with Crippen LogP contribution in [0.15, 0.2) is 18.2 Å². The Labute approximate surface area is 147 Å². The van der Waals surface area contributed by atoms with E-state index in [1.807, 2.05) is 4.90 Å². The third kappa shape index (κ3) is 5.44. The fraction of sp³-hybridized carbons (Fsp3) is 0.471. The normalized spacial score (nSPS) is 13.8. The van der Waals surface area contributed by atoms with Crippen LogP contribution in [-0.2, 0) is 20.9 Å². The van der Waals surface area contributed by atoms with Gasteiger partial charge >= 0.3 is 5.97 Å². The molecule has 3 N–H and O–H groups in total. The molecule has 1 heterocycles. The van der Waals surface area contributed by atoms with E-state index in [0.29, 0.717) is 31.9 Å². The van der Waals surface area contributed by atoms with Gasteiger partial charge in [0.2, 0.25) is 5.91 Å². The van der Waals surface area contributed by atoms with Crippen LogP contribution in [0.2, 0.25) is 0 Å². The summed E-state index contributed by atoms with van der Waals surface area (Å²) < 4.78 is 19.6. The van der Waals surface area contributed by atoms with Crippen molar-refractivity contribution >= 4 is 23.4 Å². The number of hydrogen-bond donors (Lipinski definition) is 2. The summed E-state index contributed by atoms with van der Waals surface area (Å²) in [5.74, 6) is -1.38. The number of halogens is 1. The molecule has 1 amide bonds. The summed E-state index contributed by atoms with van der Waals surface area (Å²) in [6.45, 7) is 3.50. The van der Waals surface area contributed by atoms with Crippen LogP contribution in [0.25, 0.3) is 0 Å². The molecule has 1 fully saturated rings. The Bertz CT molecular complexity index is 643. The van der Waals surface area contributed by atoms with Gasteiger partial charge in [-0.25, -0.2) is 4.39 Å². The first kappa shape index (κ1) is 20.4. The van der Waals surface area contributed by atoms with Gasteiger partial charge < -0.3 is 20.3 Å². The molecule has 0 aromatic heterocycles. The minimum Gasteiger partial charge on any atom is -0.460 e. The average molecular weight is 352 g/mol. The van der Waals surface area contributed by atoms with Gasteiger partial charge in [0, 0.05) is 38.7 Å². The maximum atomic E-state index is 14.6. The summed E-state index contributed by atoms with van der Waals surface area (Å²) in [7, 11) is 0. The average Bonchev–Trinajstić information content (AvgIpc) is 2.53. The second-order valence-electron chi connectivity index (χ2n) is 5.61. The molecule has 138 valence electrons. The molecule has 2 rings (SSSR count). The number of carbonyl (C=O) groups is 2. The van der Waals surface area contributed by atoms with E-state index < -0.39 is 11.8 Å². The van der Waals surface area contributed by atoms with Crippen molar-refractivity contribution in [3.05, 3.63) is 29.6 Å². The van der Waals surface area contributed by atoms with E-state index in [1.165, 1.54) is 6.92 Å². The van der Waals surface area contributed by atoms with Crippen LogP contribution in [0, 0.1) is 11.2 Å². The van der Waals surface area contributed by atoms with Gasteiger partial charge in [-0.3, -0.25) is 15.0 Å². The first-order valence-electron chi connectivity index (χ1n) is 7.65. The molecular formula is C17H25FN4O3. The molecule has 0 atom stereocenters. The van der Waals surface area contributed by atoms with Crippen LogP contribution in [0.3, 0.4) is 0 Å². The molecule has 0 aliphatic carbocycles. The number of benzene rings is 1. The lowest BCUT2D eigenvalue weighted by molar-refractivity contribution is -0.143. The number of amidine groups is 1. The number of amides is 1. The maximum absolute atomic E-state index is 14.6. The van der Waals surface area contributed by atoms with Gasteiger partial charge in [-0.2, -0.15) is 0 Å². The van der Waals surface area contributed by atoms with Gasteiger partial charge in [0.05, 0.1) is 5.69 Å². The number of ether oxygens (including phenoxy) is 1. The molecule has 1 saturated heterocycles. The zero-order valence-corrected chi connectivity index (χ0v) is 13.5. The summed E-state index contributed by atoms with van der Waals surface area (Å²) in [5.41, 5.74) is 5.81. The van der Waals surface area contributed by atoms with Gasteiger partial charge in [0.15, 0.2) is 5.82 Å². The van der Waals surface area contributed by atoms with E-state index in [2.05, 4.69) is 0 Å². The van der Waals surface area contributed by atoms with Crippen molar-refractivity contribution in [3.8, 4) is 0 Å². The van der Waals surface area contributed by atoms with Crippen LogP contribution >= 0.6 is 0 Å². The molecule has 0 unspecified atom stereocenters. The number of anilines is 1. The van der Waals surface area contributed by atoms with Crippen LogP contribution in [0.4, 0.5) is 10.1 Å². The molecule has 0 radical (unpaired) electrons. The smallest absolute Gasteiger partial charge is 0.313 e. The summed E-state index contributed by atoms with van der Waals surface area (Å²) in [4.78, 5) is 26.4. The Morgan fingerprint density at radius 2 is 1.92 bits per heavy atom. The van der Waals surface area contributed by atoms with Gasteiger partial charge in [0.1, 0.15) is 18.9 Å². The van der Waals surface area contributed by atoms with Crippen molar-refractivity contribution in [2.24, 2.45) is 5.73 Å². The molecule has 1 aliphatic rings. The Morgan fingerprint density at radius 3 is 2.48 bits per heavy atom. The van der Waals surface area contributed by atoms with Crippen LogP contribution in [0.1, 0.15) is 26.3 Å². The van der Waals surface area contributed by atoms with Crippen molar-refractivity contribution in [3.63, 3.8) is 0 Å². The summed E-state index contributed by atoms with van der Waals surface area (Å²) in [5, 5.41) is 7.03. The van der Waals surface area contributed by atoms with E-state index in [-0.39, 0.29) is 37.8 Å². The molecule has 0 spiro atoms. The predicted molar refractivity (Wildman–Crippen MR) is 93.9 cm³/mol. The number of nitrogens with zero attached hydrogens (tertiary/aromatic N) is 2. The van der Waals surface area contributed by atoms with Gasteiger partial charge in [-0.1, -0.05) is 19.6 Å². The zero-order valence-electron chi connectivity index (χ0n) is 13.5. The Kier molecular flexibility index (Phi) is 7.35. The van der Waals surface area contributed by atoms with Crippen LogP contribution in [0.5, 0.6) is 0 Å². The fourth-order valence-corrected chi connectivity index (χ4v) is 2.55. The lowest BCUT2D eigenvalue weighted by Crippen LogP contribution is -2.48. The van der Waals surface area contributed by atoms with E-state index in [4.69, 9.17) is 15.9 Å². The van der Waals surface area contributed by atoms with Gasteiger partial charge in [-0.15, -0.1) is 0 Å². The summed E-state index contributed by atoms with van der Waals surface area (Å²) in [6, 6.07) is 4.91. The molecule has 25 heavy (non-hydrogen) atoms. The van der Waals surface area contributed by atoms with Crippen molar-refractivity contribution in [1.82, 2.24) is 4.90 Å². The van der Waals surface area contributed by atoms with E-state index in [9.17, 15) is 14.0 Å². The predicted octanol–water partition coefficient (Wildman–Crippen LogP) is 1.50. The number of hydrogen-bond acceptors (Lipinski definition) is 5. The van der Waals surface area contributed by atoms with Crippen molar-refractivity contribution in [2.45, 2.75) is 27.4 Å². The number of piperazine rings is 1. The highest BCUT2D eigenvalue weighted by molar-refractivity contribution is 5.94. The van der Waals surface area contributed by atoms with Crippen molar-refractivity contribution < 1.29 is 18.7 Å². The quantitative estimate of drug-likeness (QED) is 0.475. The number of esters is 1. The molecule has 0 bridgehead atoms. The Hall–Kier alpha value is -2.64. The molecule has 1 aromatic rings. The zero-order chi connectivity index (χ0) is 17.7. The summed E-state index contributed by atoms with van der Waals surface area (Å²) >= 11 is 0. The summed E-state index contributed by atoms with van der Waals surface area (Å²) in [6.07, 6.45) is -0.311. The second-order valence-corrected chi connectivity index (χ2v) is 5.61. The highest BCUT2D eigenvalue weighted by atomic mass is 19.1. The first-order chi connectivity index (χ1) is 11.4. The number of rotatable bonds is 5. The van der Waals surface area contributed by atoms with E-state index >= 15 is 0 Å². The monoisotopic (exact) mass is 352 g/mol. The highest BCUT2D eigenvalue weighted by Crippen LogP contribution is 2.24. The number of nitrogens with one attached hydrogen (secondary N) is 1. The fourth-order valence-electron chi connectivity index (χ4n) is 2.55. The van der Waals surface area contributed by atoms with E-state index in [0.717, 1.165) is 0 Å². The van der Waals surface area contributed by atoms with Crippen LogP contribution in [-0.4, -0.2) is 48.8 Å². The molecule has 8 heteroatoms. The van der Waals surface area contributed by atoms with E-state index in [1.54, 1.807) is 23.1 Å². The number of carbonyl (C=O) groups excluding carboxylic acids is 2. The molecule has 0 saturated carbocycles. The topological polar surface area (TPSA) is 99.7 Å². The standard InChI is InChI=1S/C16H21FN4O3.CH4/c1-11(22)20-5-7-21(8-6-20)13-4-2-3-12(16(13)17)10-24-15(23)9-14(18)19;/h2-4H,5-10H2,1H3,(H3,18,19);1H4. The minimum atomic E-state index is -0.664. The lowest BCUT2D eigenvalue weighted by Gasteiger charge is -2.36. The molecular weight excluding hydrogens is 327 g/mol. The SMILES string of the molecule is C.CC(=O)N1CCN(c2cccc(COC(=O)CC(=N)N)c2F)CC1. The third-order valence-corrected chi connectivity index (χ3v) is 3.85. The minimum absolute atomic E-state index is 0. The van der Waals surface area contributed by atoms with Crippen molar-refractivity contribution in [1.29, 1.82) is 5.41 Å². The van der Waals surface area contributed by atoms with Crippen molar-refractivity contribution in [2.75, 3.05) is 31.1 Å². The molecule has 1 aromatic carbocycles. The Morgan fingerprint density at radius 1 is 1.28 bits per heavy atom.